The van der Waals surface area contributed by atoms with E-state index in [9.17, 15) is 53.4 Å². The fraction of sp³-hybridized carbons (Fsp3) is 0.733. The Bertz CT molecular complexity index is 1870. The number of hydrogen-bond acceptors (Lipinski definition) is 14. The molecule has 0 bridgehead atoms. The van der Waals surface area contributed by atoms with E-state index < -0.39 is 115 Å². The molecule has 0 radical (unpaired) electrons. The van der Waals surface area contributed by atoms with Gasteiger partial charge in [0.25, 0.3) is 0 Å². The van der Waals surface area contributed by atoms with Gasteiger partial charge in [-0.05, 0) is 102 Å². The fourth-order valence-corrected chi connectivity index (χ4v) is 8.43. The monoisotopic (exact) mass is 976 g/mol. The molecule has 2 saturated heterocycles. The Balaban J connectivity index is 1.66. The average molecular weight is 976 g/mol. The summed E-state index contributed by atoms with van der Waals surface area (Å²) in [4.78, 5) is 130. The first-order chi connectivity index (χ1) is 32.8. The standard InChI is InChI=1S/C45H77N13O11/c1-26(2)19-32(40(63)55-33(45(68)69)20-27(3)4)54-41(64)34(24-59)56-39(62)31(12-6-8-16-47)53-42(65)35-13-9-17-57(35)37(60)23-50-38(61)30(11-5-7-15-46)52-43(66)36-14-10-18-58(36)44(67)29(48)21-28-22-49-25-51-28/h22,25-27,29-36,59H,5-21,23-24,46-48H2,1-4H3,(H,49,51)(H,50,61)(H,52,66)(H,53,65)(H,54,64)(H,55,63)(H,56,62)(H,68,69)/t29-,30-,31-,32-,33-,34-,35-,36-/m0/s1. The number of amides is 8. The Morgan fingerprint density at radius 3 is 1.71 bits per heavy atom. The second kappa shape index (κ2) is 29.3. The summed E-state index contributed by atoms with van der Waals surface area (Å²) in [5.41, 5.74) is 18.3. The number of rotatable bonds is 30. The van der Waals surface area contributed by atoms with Crippen LogP contribution in [0.4, 0.5) is 0 Å². The molecule has 2 fully saturated rings. The van der Waals surface area contributed by atoms with Crippen molar-refractivity contribution in [3.8, 4) is 0 Å². The molecular formula is C45H77N13O11. The Kier molecular flexibility index (Phi) is 24.5. The van der Waals surface area contributed by atoms with E-state index in [4.69, 9.17) is 17.2 Å². The Morgan fingerprint density at radius 2 is 1.19 bits per heavy atom. The van der Waals surface area contributed by atoms with Crippen molar-refractivity contribution in [2.75, 3.05) is 39.3 Å². The van der Waals surface area contributed by atoms with Crippen molar-refractivity contribution < 1.29 is 53.4 Å². The molecule has 1 aromatic rings. The number of aromatic amines is 1. The van der Waals surface area contributed by atoms with Gasteiger partial charge in [0.1, 0.15) is 42.3 Å². The lowest BCUT2D eigenvalue weighted by atomic mass is 10.00. The molecule has 2 aliphatic rings. The number of carbonyl (C=O) groups is 9. The van der Waals surface area contributed by atoms with E-state index in [0.717, 1.165) is 0 Å². The third-order valence-corrected chi connectivity index (χ3v) is 12.1. The van der Waals surface area contributed by atoms with E-state index in [1.54, 1.807) is 33.9 Å². The lowest BCUT2D eigenvalue weighted by Crippen LogP contribution is -2.60. The van der Waals surface area contributed by atoms with Gasteiger partial charge < -0.3 is 74.1 Å². The van der Waals surface area contributed by atoms with Gasteiger partial charge in [0.05, 0.1) is 25.5 Å². The molecule has 3 heterocycles. The lowest BCUT2D eigenvalue weighted by molar-refractivity contribution is -0.143. The van der Waals surface area contributed by atoms with E-state index in [1.165, 1.54) is 16.1 Å². The minimum atomic E-state index is -1.56. The van der Waals surface area contributed by atoms with Gasteiger partial charge in [-0.3, -0.25) is 38.4 Å². The fourth-order valence-electron chi connectivity index (χ4n) is 8.43. The Hall–Kier alpha value is -5.72. The van der Waals surface area contributed by atoms with Gasteiger partial charge in [-0.1, -0.05) is 27.7 Å². The number of aliphatic hydroxyl groups is 1. The van der Waals surface area contributed by atoms with Crippen LogP contribution in [-0.4, -0.2) is 171 Å². The summed E-state index contributed by atoms with van der Waals surface area (Å²) < 4.78 is 0. The number of carboxylic acids is 1. The van der Waals surface area contributed by atoms with Crippen molar-refractivity contribution in [3.63, 3.8) is 0 Å². The molecule has 0 aromatic carbocycles. The number of aliphatic carboxylic acids is 1. The topological polar surface area (TPSA) is 379 Å². The van der Waals surface area contributed by atoms with Crippen LogP contribution >= 0.6 is 0 Å². The second-order valence-electron chi connectivity index (χ2n) is 18.7. The summed E-state index contributed by atoms with van der Waals surface area (Å²) in [7, 11) is 0. The van der Waals surface area contributed by atoms with Crippen molar-refractivity contribution in [2.45, 2.75) is 160 Å². The number of H-pyrrole nitrogens is 1. The van der Waals surface area contributed by atoms with Gasteiger partial charge in [-0.25, -0.2) is 9.78 Å². The number of aliphatic hydroxyl groups excluding tert-OH is 1. The number of nitrogens with zero attached hydrogens (tertiary/aromatic N) is 3. The number of imidazole rings is 1. The van der Waals surface area contributed by atoms with E-state index in [1.807, 2.05) is 0 Å². The van der Waals surface area contributed by atoms with Gasteiger partial charge in [-0.15, -0.1) is 0 Å². The average Bonchev–Trinajstić information content (AvgIpc) is 4.12. The van der Waals surface area contributed by atoms with E-state index in [-0.39, 0.29) is 63.5 Å². The van der Waals surface area contributed by atoms with Crippen LogP contribution in [-0.2, 0) is 49.6 Å². The largest absolute Gasteiger partial charge is 0.480 e. The smallest absolute Gasteiger partial charge is 0.326 e. The number of likely N-dealkylation sites (tertiary alicyclic amines) is 2. The minimum Gasteiger partial charge on any atom is -0.480 e. The van der Waals surface area contributed by atoms with Crippen molar-refractivity contribution >= 4 is 53.2 Å². The first-order valence-corrected chi connectivity index (χ1v) is 24.2. The minimum absolute atomic E-state index is 0.0557. The van der Waals surface area contributed by atoms with Crippen molar-refractivity contribution in [1.29, 1.82) is 0 Å². The number of carboxylic acid groups (broad SMARTS) is 1. The van der Waals surface area contributed by atoms with Crippen LogP contribution < -0.4 is 49.1 Å². The number of nitrogens with one attached hydrogen (secondary N) is 7. The quantitative estimate of drug-likeness (QED) is 0.0347. The highest BCUT2D eigenvalue weighted by Crippen LogP contribution is 2.21. The van der Waals surface area contributed by atoms with Gasteiger partial charge >= 0.3 is 5.97 Å². The maximum atomic E-state index is 13.8. The molecule has 388 valence electrons. The predicted octanol–water partition coefficient (Wildman–Crippen LogP) is -2.77. The van der Waals surface area contributed by atoms with Crippen LogP contribution in [0.3, 0.4) is 0 Å². The van der Waals surface area contributed by atoms with E-state index >= 15 is 0 Å². The summed E-state index contributed by atoms with van der Waals surface area (Å²) in [6.45, 7) is 6.93. The highest BCUT2D eigenvalue weighted by Gasteiger charge is 2.40. The zero-order valence-electron chi connectivity index (χ0n) is 40.5. The molecular weight excluding hydrogens is 899 g/mol. The molecule has 0 unspecified atom stereocenters. The van der Waals surface area contributed by atoms with Crippen molar-refractivity contribution in [2.24, 2.45) is 29.0 Å². The molecule has 1 aromatic heterocycles. The molecule has 8 atom stereocenters. The number of hydrogen-bond donors (Lipinski definition) is 12. The van der Waals surface area contributed by atoms with Crippen LogP contribution in [0.1, 0.15) is 110 Å². The van der Waals surface area contributed by atoms with Crippen LogP contribution in [0.2, 0.25) is 0 Å². The first-order valence-electron chi connectivity index (χ1n) is 24.2. The summed E-state index contributed by atoms with van der Waals surface area (Å²) in [5.74, 6) is -6.74. The highest BCUT2D eigenvalue weighted by atomic mass is 16.4. The van der Waals surface area contributed by atoms with Gasteiger partial charge in [0, 0.05) is 31.4 Å². The van der Waals surface area contributed by atoms with E-state index in [2.05, 4.69) is 41.9 Å². The maximum Gasteiger partial charge on any atom is 0.326 e. The summed E-state index contributed by atoms with van der Waals surface area (Å²) in [6, 6.07) is -9.07. The third-order valence-electron chi connectivity index (χ3n) is 12.1. The number of unbranched alkanes of at least 4 members (excludes halogenated alkanes) is 2. The van der Waals surface area contributed by atoms with Crippen molar-refractivity contribution in [1.82, 2.24) is 51.7 Å². The van der Waals surface area contributed by atoms with Crippen molar-refractivity contribution in [3.05, 3.63) is 18.2 Å². The third kappa shape index (κ3) is 18.6. The first kappa shape index (κ1) is 57.6. The van der Waals surface area contributed by atoms with Gasteiger partial charge in [0.2, 0.25) is 47.3 Å². The molecule has 2 aliphatic heterocycles. The predicted molar refractivity (Wildman–Crippen MR) is 252 cm³/mol. The molecule has 15 N–H and O–H groups in total. The molecule has 3 rings (SSSR count). The summed E-state index contributed by atoms with van der Waals surface area (Å²) in [6.07, 6.45) is 7.29. The zero-order chi connectivity index (χ0) is 51.2. The number of carbonyl (C=O) groups excluding carboxylic acids is 8. The van der Waals surface area contributed by atoms with Gasteiger partial charge in [-0.2, -0.15) is 0 Å². The Labute approximate surface area is 403 Å². The zero-order valence-corrected chi connectivity index (χ0v) is 40.5. The Morgan fingerprint density at radius 1 is 0.696 bits per heavy atom. The molecule has 0 aliphatic carbocycles. The molecule has 8 amide bonds. The van der Waals surface area contributed by atoms with Crippen LogP contribution in [0, 0.1) is 11.8 Å². The second-order valence-corrected chi connectivity index (χ2v) is 18.7. The van der Waals surface area contributed by atoms with Crippen LogP contribution in [0.5, 0.6) is 0 Å². The molecule has 24 nitrogen and oxygen atoms in total. The maximum absolute atomic E-state index is 13.8. The number of nitrogens with two attached hydrogens (primary N) is 3. The molecule has 0 saturated carbocycles. The highest BCUT2D eigenvalue weighted by molar-refractivity contribution is 5.97. The lowest BCUT2D eigenvalue weighted by Gasteiger charge is -2.29. The van der Waals surface area contributed by atoms with E-state index in [0.29, 0.717) is 63.7 Å². The summed E-state index contributed by atoms with van der Waals surface area (Å²) >= 11 is 0. The van der Waals surface area contributed by atoms with Crippen LogP contribution in [0.15, 0.2) is 12.5 Å². The summed E-state index contributed by atoms with van der Waals surface area (Å²) in [5, 5.41) is 35.4. The van der Waals surface area contributed by atoms with Crippen LogP contribution in [0.25, 0.3) is 0 Å². The normalized spacial score (nSPS) is 18.4. The molecule has 24 heteroatoms. The molecule has 0 spiro atoms. The molecule has 69 heavy (non-hydrogen) atoms. The van der Waals surface area contributed by atoms with Gasteiger partial charge in [0.15, 0.2) is 0 Å². The SMILES string of the molecule is CC(C)C[C@H](NC(=O)[C@H](CC(C)C)NC(=O)[C@H](CO)NC(=O)[C@H](CCCCN)NC(=O)[C@@H]1CCCN1C(=O)CNC(=O)[C@H](CCCCN)NC(=O)[C@@H]1CCCN1C(=O)[C@@H](N)Cc1cnc[nH]1)C(=O)O. The number of aromatic nitrogens is 2.